The highest BCUT2D eigenvalue weighted by Crippen LogP contribution is 2.52. The molecule has 180 valence electrons. The topological polar surface area (TPSA) is 67.6 Å². The Balaban J connectivity index is 1.66. The molecule has 2 unspecified atom stereocenters. The third-order valence-electron chi connectivity index (χ3n) is 7.85. The van der Waals surface area contributed by atoms with E-state index in [9.17, 15) is 9.90 Å². The fourth-order valence-corrected chi connectivity index (χ4v) is 6.84. The molecule has 6 nitrogen and oxygen atoms in total. The lowest BCUT2D eigenvalue weighted by molar-refractivity contribution is -0.149. The van der Waals surface area contributed by atoms with Crippen molar-refractivity contribution in [3.63, 3.8) is 0 Å². The molecule has 3 aromatic rings. The number of benzene rings is 1. The number of piperidine rings is 1. The van der Waals surface area contributed by atoms with Crippen LogP contribution in [0.1, 0.15) is 49.8 Å². The van der Waals surface area contributed by atoms with Gasteiger partial charge in [0, 0.05) is 59.2 Å². The lowest BCUT2D eigenvalue weighted by Gasteiger charge is -2.54. The highest BCUT2D eigenvalue weighted by atomic mass is 79.9. The molecule has 34 heavy (non-hydrogen) atoms. The first-order valence-electron chi connectivity index (χ1n) is 11.8. The molecule has 1 aliphatic carbocycles. The van der Waals surface area contributed by atoms with Gasteiger partial charge in [-0.25, -0.2) is 0 Å². The quantitative estimate of drug-likeness (QED) is 0.510. The summed E-state index contributed by atoms with van der Waals surface area (Å²) in [4.78, 5) is 19.1. The van der Waals surface area contributed by atoms with Crippen LogP contribution in [-0.4, -0.2) is 52.3 Å². The van der Waals surface area contributed by atoms with Crippen molar-refractivity contribution in [3.05, 3.63) is 64.0 Å². The van der Waals surface area contributed by atoms with Crippen LogP contribution in [0.4, 0.5) is 0 Å². The number of nitrogens with zero attached hydrogens (tertiary/aromatic N) is 3. The molecule has 1 fully saturated rings. The third-order valence-corrected chi connectivity index (χ3v) is 8.28. The minimum atomic E-state index is -0.823. The van der Waals surface area contributed by atoms with Crippen molar-refractivity contribution in [2.24, 2.45) is 5.92 Å². The van der Waals surface area contributed by atoms with E-state index in [-0.39, 0.29) is 17.5 Å². The molecule has 7 heteroatoms. The number of rotatable bonds is 4. The van der Waals surface area contributed by atoms with Crippen molar-refractivity contribution in [1.82, 2.24) is 14.5 Å². The van der Waals surface area contributed by atoms with Crippen molar-refractivity contribution in [2.75, 3.05) is 20.7 Å². The van der Waals surface area contributed by atoms with Crippen LogP contribution < -0.4 is 0 Å². The van der Waals surface area contributed by atoms with Crippen molar-refractivity contribution < 1.29 is 14.6 Å². The highest BCUT2D eigenvalue weighted by molar-refractivity contribution is 9.10. The first kappa shape index (κ1) is 23.5. The number of halogens is 1. The number of likely N-dealkylation sites (N-methyl/N-ethyl adjacent to an activating group) is 1. The Morgan fingerprint density at radius 3 is 2.74 bits per heavy atom. The van der Waals surface area contributed by atoms with E-state index in [2.05, 4.69) is 82.6 Å². The number of likely N-dealkylation sites (tertiary alicyclic amines) is 1. The van der Waals surface area contributed by atoms with Gasteiger partial charge in [0.1, 0.15) is 5.60 Å². The zero-order chi connectivity index (χ0) is 24.4. The van der Waals surface area contributed by atoms with Gasteiger partial charge in [0.25, 0.3) is 0 Å². The van der Waals surface area contributed by atoms with Crippen molar-refractivity contribution in [1.29, 1.82) is 0 Å². The van der Waals surface area contributed by atoms with Gasteiger partial charge in [-0.3, -0.25) is 14.7 Å². The summed E-state index contributed by atoms with van der Waals surface area (Å²) in [5, 5.41) is 11.6. The van der Waals surface area contributed by atoms with E-state index in [4.69, 9.17) is 4.74 Å². The van der Waals surface area contributed by atoms with E-state index < -0.39 is 17.5 Å². The molecule has 0 amide bonds. The van der Waals surface area contributed by atoms with E-state index in [0.29, 0.717) is 13.0 Å². The first-order chi connectivity index (χ1) is 16.1. The molecule has 2 aliphatic rings. The average molecular weight is 526 g/mol. The lowest BCUT2D eigenvalue weighted by Crippen LogP contribution is -2.60. The lowest BCUT2D eigenvalue weighted by atomic mass is 9.66. The van der Waals surface area contributed by atoms with Crippen LogP contribution in [0.25, 0.3) is 10.9 Å². The number of carboxylic acids is 1. The number of fused-ring (bicyclic) bond motifs is 2. The van der Waals surface area contributed by atoms with Gasteiger partial charge >= 0.3 is 5.97 Å². The molecule has 4 atom stereocenters. The smallest absolute Gasteiger partial charge is 0.311 e. The molecule has 3 heterocycles. The van der Waals surface area contributed by atoms with Crippen LogP contribution >= 0.6 is 15.9 Å². The predicted octanol–water partition coefficient (Wildman–Crippen LogP) is 5.14. The number of pyridine rings is 1. The van der Waals surface area contributed by atoms with Crippen molar-refractivity contribution in [2.45, 2.75) is 56.7 Å². The van der Waals surface area contributed by atoms with Gasteiger partial charge in [0.15, 0.2) is 0 Å². The SMILES string of the molecule is CO[C@]12CC(C(C(=O)O)c3cncc(Br)c3)CN(C)[C@@H]1Cc1cn(C(C)(C)C)c3cccc2c13. The maximum atomic E-state index is 12.6. The summed E-state index contributed by atoms with van der Waals surface area (Å²) in [5.74, 6) is -1.62. The van der Waals surface area contributed by atoms with Crippen LogP contribution in [0.15, 0.2) is 47.3 Å². The number of aromatic nitrogens is 2. The third kappa shape index (κ3) is 3.51. The maximum absolute atomic E-state index is 12.6. The van der Waals surface area contributed by atoms with Gasteiger partial charge in [-0.05, 0) is 91.3 Å². The predicted molar refractivity (Wildman–Crippen MR) is 136 cm³/mol. The van der Waals surface area contributed by atoms with E-state index in [1.165, 1.54) is 22.0 Å². The van der Waals surface area contributed by atoms with Gasteiger partial charge in [-0.15, -0.1) is 0 Å². The maximum Gasteiger partial charge on any atom is 0.311 e. The second-order valence-corrected chi connectivity index (χ2v) is 11.8. The Kier molecular flexibility index (Phi) is 5.66. The van der Waals surface area contributed by atoms with Crippen LogP contribution in [-0.2, 0) is 27.1 Å². The van der Waals surface area contributed by atoms with E-state index >= 15 is 0 Å². The average Bonchev–Trinajstić information content (AvgIpc) is 3.15. The Hall–Kier alpha value is -2.22. The fourth-order valence-electron chi connectivity index (χ4n) is 6.46. The molecule has 1 aromatic carbocycles. The first-order valence-corrected chi connectivity index (χ1v) is 12.6. The second-order valence-electron chi connectivity index (χ2n) is 10.9. The summed E-state index contributed by atoms with van der Waals surface area (Å²) < 4.78 is 9.60. The van der Waals surface area contributed by atoms with Gasteiger partial charge in [-0.1, -0.05) is 12.1 Å². The Bertz CT molecular complexity index is 1260. The number of carbonyl (C=O) groups is 1. The number of methoxy groups -OCH3 is 1. The largest absolute Gasteiger partial charge is 0.481 e. The summed E-state index contributed by atoms with van der Waals surface area (Å²) in [6.45, 7) is 7.37. The van der Waals surface area contributed by atoms with Crippen LogP contribution in [0.5, 0.6) is 0 Å². The molecule has 1 aliphatic heterocycles. The molecule has 0 radical (unpaired) electrons. The monoisotopic (exact) mass is 525 g/mol. The van der Waals surface area contributed by atoms with Gasteiger partial charge in [0.05, 0.1) is 5.92 Å². The molecule has 1 N–H and O–H groups in total. The van der Waals surface area contributed by atoms with Crippen LogP contribution in [0.2, 0.25) is 0 Å². The molecule has 1 saturated heterocycles. The van der Waals surface area contributed by atoms with Crippen molar-refractivity contribution in [3.8, 4) is 0 Å². The van der Waals surface area contributed by atoms with Gasteiger partial charge in [0.2, 0.25) is 0 Å². The van der Waals surface area contributed by atoms with Gasteiger partial charge in [-0.2, -0.15) is 0 Å². The molecule has 5 rings (SSSR count). The standard InChI is InChI=1S/C27H32BrN3O3/c1-26(2,3)31-15-17-10-22-27(34-5,20-7-6-8-21(31)24(17)20)11-18(14-30(22)4)23(25(32)33)16-9-19(28)13-29-12-16/h6-9,12-13,15,18,22-23H,10-11,14H2,1-5H3,(H,32,33)/t18?,22-,23?,27+/m1/s1. The highest BCUT2D eigenvalue weighted by Gasteiger charge is 2.54. The van der Waals surface area contributed by atoms with Gasteiger partial charge < -0.3 is 14.4 Å². The molecular formula is C27H32BrN3O3. The van der Waals surface area contributed by atoms with Crippen LogP contribution in [0, 0.1) is 5.92 Å². The number of carboxylic acid groups (broad SMARTS) is 1. The summed E-state index contributed by atoms with van der Waals surface area (Å²) in [7, 11) is 3.89. The molecule has 0 saturated carbocycles. The van der Waals surface area contributed by atoms with E-state index in [0.717, 1.165) is 16.5 Å². The number of aliphatic carboxylic acids is 1. The minimum absolute atomic E-state index is 0.0403. The molecule has 2 aromatic heterocycles. The second kappa shape index (κ2) is 8.18. The summed E-state index contributed by atoms with van der Waals surface area (Å²) in [5.41, 5.74) is 3.83. The summed E-state index contributed by atoms with van der Waals surface area (Å²) in [6.07, 6.45) is 7.19. The number of hydrogen-bond donors (Lipinski definition) is 1. The van der Waals surface area contributed by atoms with Crippen molar-refractivity contribution >= 4 is 32.8 Å². The zero-order valence-corrected chi connectivity index (χ0v) is 22.0. The Morgan fingerprint density at radius 1 is 1.32 bits per heavy atom. The normalized spacial score (nSPS) is 25.8. The zero-order valence-electron chi connectivity index (χ0n) is 20.4. The molecular weight excluding hydrogens is 494 g/mol. The molecule has 0 bridgehead atoms. The fraction of sp³-hybridized carbons (Fsp3) is 0.481. The van der Waals surface area contributed by atoms with E-state index in [1.807, 2.05) is 6.07 Å². The summed E-state index contributed by atoms with van der Waals surface area (Å²) in [6, 6.07) is 8.50. The number of hydrogen-bond acceptors (Lipinski definition) is 4. The Labute approximate surface area is 209 Å². The van der Waals surface area contributed by atoms with Crippen LogP contribution in [0.3, 0.4) is 0 Å². The molecule has 0 spiro atoms. The van der Waals surface area contributed by atoms with E-state index in [1.54, 1.807) is 19.5 Å². The minimum Gasteiger partial charge on any atom is -0.481 e. The summed E-state index contributed by atoms with van der Waals surface area (Å²) >= 11 is 3.46. The number of ether oxygens (including phenoxy) is 1. The Morgan fingerprint density at radius 2 is 2.09 bits per heavy atom.